The van der Waals surface area contributed by atoms with Crippen LogP contribution < -0.4 is 15.5 Å². The van der Waals surface area contributed by atoms with Crippen molar-refractivity contribution >= 4 is 28.4 Å². The van der Waals surface area contributed by atoms with E-state index in [1.807, 2.05) is 13.0 Å². The number of aromatic nitrogens is 2. The Morgan fingerprint density at radius 2 is 1.92 bits per heavy atom. The Morgan fingerprint density at radius 3 is 2.67 bits per heavy atom. The lowest BCUT2D eigenvalue weighted by atomic mass is 10.0. The van der Waals surface area contributed by atoms with Crippen molar-refractivity contribution in [1.29, 1.82) is 0 Å². The summed E-state index contributed by atoms with van der Waals surface area (Å²) in [5.74, 6) is -0.708. The first-order valence-corrected chi connectivity index (χ1v) is 12.6. The van der Waals surface area contributed by atoms with Crippen LogP contribution in [0, 0.1) is 17.6 Å². The number of amides is 1. The van der Waals surface area contributed by atoms with Crippen molar-refractivity contribution in [3.8, 4) is 0 Å². The van der Waals surface area contributed by atoms with Gasteiger partial charge in [-0.15, -0.1) is 0 Å². The van der Waals surface area contributed by atoms with E-state index in [-0.39, 0.29) is 11.9 Å². The van der Waals surface area contributed by atoms with Crippen LogP contribution in [0.4, 0.5) is 20.3 Å². The smallest absolute Gasteiger partial charge is 0.251 e. The van der Waals surface area contributed by atoms with Gasteiger partial charge >= 0.3 is 0 Å². The molecule has 1 aliphatic heterocycles. The maximum Gasteiger partial charge on any atom is 0.251 e. The number of nitrogens with zero attached hydrogens (tertiary/aromatic N) is 3. The van der Waals surface area contributed by atoms with Gasteiger partial charge in [0.1, 0.15) is 5.82 Å². The molecule has 1 unspecified atom stereocenters. The summed E-state index contributed by atoms with van der Waals surface area (Å²) < 4.78 is 32.7. The Kier molecular flexibility index (Phi) is 7.27. The maximum atomic E-state index is 13.8. The number of carbonyl (C=O) groups excluding carboxylic acids is 1. The molecule has 0 spiro atoms. The molecule has 9 heteroatoms. The van der Waals surface area contributed by atoms with Crippen LogP contribution in [-0.4, -0.2) is 48.7 Å². The Bertz CT molecular complexity index is 1240. The third-order valence-corrected chi connectivity index (χ3v) is 7.06. The number of fused-ring (bicyclic) bond motifs is 1. The van der Waals surface area contributed by atoms with Gasteiger partial charge in [0.25, 0.3) is 5.91 Å². The Hall–Kier alpha value is -3.33. The molecule has 2 heterocycles. The molecule has 0 bridgehead atoms. The molecule has 1 amide bonds. The van der Waals surface area contributed by atoms with Crippen LogP contribution in [-0.2, 0) is 4.74 Å². The fraction of sp³-hybridized carbons (Fsp3) is 0.444. The molecule has 1 saturated carbocycles. The lowest BCUT2D eigenvalue weighted by Crippen LogP contribution is -2.36. The summed E-state index contributed by atoms with van der Waals surface area (Å²) in [5, 5.41) is 6.30. The topological polar surface area (TPSA) is 79.4 Å². The highest BCUT2D eigenvalue weighted by atomic mass is 19.2. The predicted molar refractivity (Wildman–Crippen MR) is 135 cm³/mol. The molecule has 2 aliphatic rings. The highest BCUT2D eigenvalue weighted by Crippen LogP contribution is 2.29. The standard InChI is InChI=1S/C27H31F2N5O2/c1-17(32-20-6-7-22(28)23(29)14-20)21-12-19(27(35)31-15-18-4-2-3-5-18)13-24-26(21)33-25(16-30-24)34-8-10-36-11-9-34/h6-7,12-14,16-18,32H,2-5,8-11,15H2,1H3,(H,31,35). The molecule has 1 aliphatic carbocycles. The summed E-state index contributed by atoms with van der Waals surface area (Å²) in [6, 6.07) is 6.93. The van der Waals surface area contributed by atoms with Gasteiger partial charge in [-0.2, -0.15) is 0 Å². The van der Waals surface area contributed by atoms with Gasteiger partial charge in [-0.3, -0.25) is 9.78 Å². The Morgan fingerprint density at radius 1 is 1.14 bits per heavy atom. The minimum Gasteiger partial charge on any atom is -0.378 e. The first-order chi connectivity index (χ1) is 17.5. The van der Waals surface area contributed by atoms with Crippen LogP contribution in [0.15, 0.2) is 36.5 Å². The molecule has 2 fully saturated rings. The van der Waals surface area contributed by atoms with E-state index in [1.54, 1.807) is 12.3 Å². The largest absolute Gasteiger partial charge is 0.378 e. The van der Waals surface area contributed by atoms with Crippen LogP contribution in [0.5, 0.6) is 0 Å². The van der Waals surface area contributed by atoms with Gasteiger partial charge in [-0.25, -0.2) is 13.8 Å². The number of carbonyl (C=O) groups is 1. The molecular formula is C27H31F2N5O2. The van der Waals surface area contributed by atoms with Gasteiger partial charge in [-0.1, -0.05) is 12.8 Å². The minimum absolute atomic E-state index is 0.149. The zero-order valence-corrected chi connectivity index (χ0v) is 20.4. The number of nitrogens with one attached hydrogen (secondary N) is 2. The predicted octanol–water partition coefficient (Wildman–Crippen LogP) is 4.84. The lowest BCUT2D eigenvalue weighted by Gasteiger charge is -2.28. The van der Waals surface area contributed by atoms with Crippen LogP contribution in [0.1, 0.15) is 54.6 Å². The van der Waals surface area contributed by atoms with Crippen molar-refractivity contribution in [1.82, 2.24) is 15.3 Å². The quantitative estimate of drug-likeness (QED) is 0.489. The third-order valence-electron chi connectivity index (χ3n) is 7.06. The summed E-state index contributed by atoms with van der Waals surface area (Å²) in [6.07, 6.45) is 6.46. The van der Waals surface area contributed by atoms with Crippen molar-refractivity contribution in [2.75, 3.05) is 43.1 Å². The molecule has 36 heavy (non-hydrogen) atoms. The van der Waals surface area contributed by atoms with Crippen LogP contribution in [0.3, 0.4) is 0 Å². The van der Waals surface area contributed by atoms with E-state index < -0.39 is 11.6 Å². The molecule has 2 N–H and O–H groups in total. The number of hydrogen-bond acceptors (Lipinski definition) is 6. The highest BCUT2D eigenvalue weighted by molar-refractivity contribution is 5.98. The average molecular weight is 496 g/mol. The number of morpholine rings is 1. The van der Waals surface area contributed by atoms with E-state index in [0.29, 0.717) is 48.0 Å². The molecule has 2 aromatic carbocycles. The molecule has 1 saturated heterocycles. The molecule has 7 nitrogen and oxygen atoms in total. The monoisotopic (exact) mass is 495 g/mol. The second-order valence-electron chi connectivity index (χ2n) is 9.62. The average Bonchev–Trinajstić information content (AvgIpc) is 3.43. The summed E-state index contributed by atoms with van der Waals surface area (Å²) >= 11 is 0. The van der Waals surface area contributed by atoms with E-state index in [9.17, 15) is 13.6 Å². The summed E-state index contributed by atoms with van der Waals surface area (Å²) in [7, 11) is 0. The molecular weight excluding hydrogens is 464 g/mol. The number of halogens is 2. The van der Waals surface area contributed by atoms with Crippen molar-refractivity contribution in [2.45, 2.75) is 38.6 Å². The van der Waals surface area contributed by atoms with Gasteiger partial charge in [-0.05, 0) is 49.9 Å². The number of hydrogen-bond donors (Lipinski definition) is 2. The van der Waals surface area contributed by atoms with E-state index in [2.05, 4.69) is 20.5 Å². The zero-order chi connectivity index (χ0) is 25.1. The normalized spacial score (nSPS) is 17.4. The van der Waals surface area contributed by atoms with Crippen molar-refractivity contribution in [2.24, 2.45) is 5.92 Å². The van der Waals surface area contributed by atoms with E-state index >= 15 is 0 Å². The van der Waals surface area contributed by atoms with Crippen LogP contribution >= 0.6 is 0 Å². The number of ether oxygens (including phenoxy) is 1. The fourth-order valence-electron chi connectivity index (χ4n) is 5.01. The molecule has 5 rings (SSSR count). The van der Waals surface area contributed by atoms with Crippen molar-refractivity contribution < 1.29 is 18.3 Å². The van der Waals surface area contributed by atoms with Gasteiger partial charge in [0.15, 0.2) is 11.6 Å². The second kappa shape index (κ2) is 10.7. The SMILES string of the molecule is CC(Nc1ccc(F)c(F)c1)c1cc(C(=O)NCC2CCCC2)cc2ncc(N3CCOCC3)nc12. The van der Waals surface area contributed by atoms with Crippen LogP contribution in [0.2, 0.25) is 0 Å². The second-order valence-corrected chi connectivity index (χ2v) is 9.62. The Labute approximate surface area is 209 Å². The lowest BCUT2D eigenvalue weighted by molar-refractivity contribution is 0.0947. The number of anilines is 2. The van der Waals surface area contributed by atoms with Gasteiger partial charge in [0.2, 0.25) is 0 Å². The van der Waals surface area contributed by atoms with E-state index in [1.165, 1.54) is 18.9 Å². The van der Waals surface area contributed by atoms with Crippen LogP contribution in [0.25, 0.3) is 11.0 Å². The third kappa shape index (κ3) is 5.41. The fourth-order valence-corrected chi connectivity index (χ4v) is 5.01. The molecule has 1 aromatic heterocycles. The Balaban J connectivity index is 1.48. The minimum atomic E-state index is -0.925. The summed E-state index contributed by atoms with van der Waals surface area (Å²) in [5.41, 5.74) is 2.96. The van der Waals surface area contributed by atoms with Gasteiger partial charge in [0, 0.05) is 42.5 Å². The maximum absolute atomic E-state index is 13.8. The summed E-state index contributed by atoms with van der Waals surface area (Å²) in [4.78, 5) is 24.8. The van der Waals surface area contributed by atoms with Crippen molar-refractivity contribution in [3.05, 3.63) is 59.3 Å². The summed E-state index contributed by atoms with van der Waals surface area (Å²) in [6.45, 7) is 5.26. The van der Waals surface area contributed by atoms with E-state index in [0.717, 1.165) is 49.4 Å². The first-order valence-electron chi connectivity index (χ1n) is 12.6. The van der Waals surface area contributed by atoms with E-state index in [4.69, 9.17) is 9.72 Å². The van der Waals surface area contributed by atoms with Gasteiger partial charge in [0.05, 0.1) is 36.5 Å². The zero-order valence-electron chi connectivity index (χ0n) is 20.4. The van der Waals surface area contributed by atoms with Gasteiger partial charge < -0.3 is 20.3 Å². The van der Waals surface area contributed by atoms with Crippen molar-refractivity contribution in [3.63, 3.8) is 0 Å². The molecule has 1 atom stereocenters. The first kappa shape index (κ1) is 24.4. The molecule has 0 radical (unpaired) electrons. The number of rotatable bonds is 7. The highest BCUT2D eigenvalue weighted by Gasteiger charge is 2.21. The number of benzene rings is 2. The molecule has 190 valence electrons. The molecule has 3 aromatic rings.